The number of rotatable bonds is 4. The molecule has 0 aliphatic rings. The monoisotopic (exact) mass is 414 g/mol. The van der Waals surface area contributed by atoms with Crippen LogP contribution in [0.3, 0.4) is 0 Å². The van der Waals surface area contributed by atoms with Gasteiger partial charge in [-0.3, -0.25) is 4.79 Å². The quantitative estimate of drug-likeness (QED) is 0.204. The number of hydrogen-bond donors (Lipinski definition) is 0. The van der Waals surface area contributed by atoms with Gasteiger partial charge in [-0.15, -0.1) is 11.3 Å². The number of aromatic nitrogens is 1. The molecule has 0 unspecified atom stereocenters. The first-order chi connectivity index (χ1) is 14.5. The summed E-state index contributed by atoms with van der Waals surface area (Å²) in [5.41, 5.74) is 1.95. The van der Waals surface area contributed by atoms with E-state index in [1.54, 1.807) is 53.9 Å². The van der Waals surface area contributed by atoms with Crippen molar-refractivity contribution in [3.63, 3.8) is 0 Å². The summed E-state index contributed by atoms with van der Waals surface area (Å²) in [6, 6.07) is 17.9. The minimum absolute atomic E-state index is 0.347. The molecular weight excluding hydrogens is 400 g/mol. The van der Waals surface area contributed by atoms with E-state index >= 15 is 0 Å². The lowest BCUT2D eigenvalue weighted by Gasteiger charge is -2.01. The number of carbonyl (C=O) groups excluding carboxylic acids is 1. The maximum atomic E-state index is 12.4. The zero-order chi connectivity index (χ0) is 21.1. The number of benzene rings is 2. The molecule has 4 rings (SSSR count). The number of allylic oxidation sites excluding steroid dienone is 1. The minimum Gasteiger partial charge on any atom is -0.427 e. The van der Waals surface area contributed by atoms with Crippen molar-refractivity contribution < 1.29 is 13.9 Å². The van der Waals surface area contributed by atoms with Gasteiger partial charge in [-0.1, -0.05) is 30.3 Å². The summed E-state index contributed by atoms with van der Waals surface area (Å²) >= 11 is 1.27. The Kier molecular flexibility index (Phi) is 5.24. The Morgan fingerprint density at radius 1 is 1.20 bits per heavy atom. The van der Waals surface area contributed by atoms with Crippen LogP contribution in [0.1, 0.15) is 17.5 Å². The fraction of sp³-hybridized carbons (Fsp3) is 0.0435. The largest absolute Gasteiger partial charge is 0.427 e. The van der Waals surface area contributed by atoms with Gasteiger partial charge in [0.2, 0.25) is 0 Å². The number of ether oxygens (including phenoxy) is 1. The van der Waals surface area contributed by atoms with Crippen molar-refractivity contribution in [3.05, 3.63) is 81.0 Å². The van der Waals surface area contributed by atoms with E-state index in [0.717, 1.165) is 10.9 Å². The summed E-state index contributed by atoms with van der Waals surface area (Å²) in [7, 11) is 0. The molecule has 146 valence electrons. The second-order valence-corrected chi connectivity index (χ2v) is 7.21. The highest BCUT2D eigenvalue weighted by Crippen LogP contribution is 2.27. The molecule has 0 saturated heterocycles. The van der Waals surface area contributed by atoms with E-state index in [0.29, 0.717) is 33.2 Å². The highest BCUT2D eigenvalue weighted by Gasteiger charge is 2.14. The molecule has 7 heteroatoms. The molecule has 4 aromatic rings. The highest BCUT2D eigenvalue weighted by atomic mass is 32.1. The molecule has 6 nitrogen and oxygen atoms in total. The Morgan fingerprint density at radius 3 is 2.70 bits per heavy atom. The number of thiazole rings is 1. The maximum absolute atomic E-state index is 12.4. The first-order valence-electron chi connectivity index (χ1n) is 8.93. The predicted molar refractivity (Wildman–Crippen MR) is 115 cm³/mol. The standard InChI is InChI=1S/C23H14N2O4S/c1-14(26)28-18-8-6-15(7-9-18)10-17(12-24)22-25-20(13-30-22)19-11-16-4-2-3-5-21(16)29-23(19)27/h2-11,13H,1H3. The van der Waals surface area contributed by atoms with Gasteiger partial charge in [-0.2, -0.15) is 5.26 Å². The van der Waals surface area contributed by atoms with Crippen LogP contribution in [-0.2, 0) is 4.79 Å². The molecule has 0 aliphatic carbocycles. The van der Waals surface area contributed by atoms with Crippen molar-refractivity contribution >= 4 is 39.9 Å². The minimum atomic E-state index is -0.478. The van der Waals surface area contributed by atoms with Crippen LogP contribution in [0.15, 0.2) is 69.2 Å². The first kappa shape index (κ1) is 19.3. The van der Waals surface area contributed by atoms with Gasteiger partial charge in [0.15, 0.2) is 0 Å². The molecule has 0 radical (unpaired) electrons. The van der Waals surface area contributed by atoms with E-state index < -0.39 is 11.6 Å². The third-order valence-electron chi connectivity index (χ3n) is 4.23. The second kappa shape index (κ2) is 8.15. The molecule has 0 saturated carbocycles. The number of esters is 1. The van der Waals surface area contributed by atoms with Crippen LogP contribution in [0.5, 0.6) is 5.75 Å². The van der Waals surface area contributed by atoms with Crippen LogP contribution in [-0.4, -0.2) is 11.0 Å². The molecule has 0 bridgehead atoms. The van der Waals surface area contributed by atoms with Crippen LogP contribution in [0.2, 0.25) is 0 Å². The highest BCUT2D eigenvalue weighted by molar-refractivity contribution is 7.11. The summed E-state index contributed by atoms with van der Waals surface area (Å²) in [4.78, 5) is 27.8. The van der Waals surface area contributed by atoms with Crippen molar-refractivity contribution in [3.8, 4) is 23.1 Å². The third kappa shape index (κ3) is 4.04. The van der Waals surface area contributed by atoms with Crippen LogP contribution in [0.25, 0.3) is 33.9 Å². The van der Waals surface area contributed by atoms with E-state index in [4.69, 9.17) is 9.15 Å². The van der Waals surface area contributed by atoms with E-state index in [-0.39, 0.29) is 0 Å². The average molecular weight is 414 g/mol. The lowest BCUT2D eigenvalue weighted by atomic mass is 10.1. The molecule has 0 aliphatic heterocycles. The van der Waals surface area contributed by atoms with Gasteiger partial charge in [0, 0.05) is 17.7 Å². The fourth-order valence-electron chi connectivity index (χ4n) is 2.87. The molecule has 0 spiro atoms. The van der Waals surface area contributed by atoms with E-state index in [9.17, 15) is 14.9 Å². The van der Waals surface area contributed by atoms with Gasteiger partial charge in [0.25, 0.3) is 0 Å². The molecule has 30 heavy (non-hydrogen) atoms. The van der Waals surface area contributed by atoms with Gasteiger partial charge >= 0.3 is 11.6 Å². The van der Waals surface area contributed by atoms with Gasteiger partial charge in [0.05, 0.1) is 16.8 Å². The molecule has 2 heterocycles. The number of nitrogens with zero attached hydrogens (tertiary/aromatic N) is 2. The Labute approximate surface area is 175 Å². The van der Waals surface area contributed by atoms with Crippen molar-refractivity contribution in [1.82, 2.24) is 4.98 Å². The van der Waals surface area contributed by atoms with E-state index in [1.165, 1.54) is 18.3 Å². The predicted octanol–water partition coefficient (Wildman–Crippen LogP) is 4.91. The number of carbonyl (C=O) groups is 1. The smallest absolute Gasteiger partial charge is 0.345 e. The number of para-hydroxylation sites is 1. The lowest BCUT2D eigenvalue weighted by Crippen LogP contribution is -2.02. The molecule has 0 N–H and O–H groups in total. The maximum Gasteiger partial charge on any atom is 0.345 e. The summed E-state index contributed by atoms with van der Waals surface area (Å²) in [5.74, 6) is 0.0298. The van der Waals surface area contributed by atoms with Crippen LogP contribution in [0.4, 0.5) is 0 Å². The summed E-state index contributed by atoms with van der Waals surface area (Å²) in [6.45, 7) is 1.33. The normalized spacial score (nSPS) is 11.3. The topological polar surface area (TPSA) is 93.2 Å². The van der Waals surface area contributed by atoms with E-state index in [2.05, 4.69) is 11.1 Å². The molecule has 0 amide bonds. The first-order valence-corrected chi connectivity index (χ1v) is 9.81. The van der Waals surface area contributed by atoms with Crippen molar-refractivity contribution in [2.75, 3.05) is 0 Å². The van der Waals surface area contributed by atoms with Gasteiger partial charge in [-0.05, 0) is 35.9 Å². The SMILES string of the molecule is CC(=O)Oc1ccc(C=C(C#N)c2nc(-c3cc4ccccc4oc3=O)cs2)cc1. The zero-order valence-electron chi connectivity index (χ0n) is 15.8. The third-order valence-corrected chi connectivity index (χ3v) is 5.10. The Bertz CT molecular complexity index is 1370. The van der Waals surface area contributed by atoms with Crippen LogP contribution < -0.4 is 10.4 Å². The van der Waals surface area contributed by atoms with Gasteiger partial charge < -0.3 is 9.15 Å². The number of hydrogen-bond acceptors (Lipinski definition) is 7. The molecule has 0 fully saturated rings. The van der Waals surface area contributed by atoms with Gasteiger partial charge in [-0.25, -0.2) is 9.78 Å². The lowest BCUT2D eigenvalue weighted by molar-refractivity contribution is -0.131. The Morgan fingerprint density at radius 2 is 1.97 bits per heavy atom. The molecule has 2 aromatic heterocycles. The number of fused-ring (bicyclic) bond motifs is 1. The fourth-order valence-corrected chi connectivity index (χ4v) is 3.65. The van der Waals surface area contributed by atoms with Crippen molar-refractivity contribution in [1.29, 1.82) is 5.26 Å². The summed E-state index contributed by atoms with van der Waals surface area (Å²) < 4.78 is 10.4. The van der Waals surface area contributed by atoms with Gasteiger partial charge in [0.1, 0.15) is 22.4 Å². The Balaban J connectivity index is 1.66. The Hall–Kier alpha value is -4.02. The average Bonchev–Trinajstić information content (AvgIpc) is 3.22. The zero-order valence-corrected chi connectivity index (χ0v) is 16.6. The van der Waals surface area contributed by atoms with Crippen molar-refractivity contribution in [2.45, 2.75) is 6.92 Å². The molecular formula is C23H14N2O4S. The van der Waals surface area contributed by atoms with Crippen LogP contribution >= 0.6 is 11.3 Å². The molecule has 0 atom stereocenters. The second-order valence-electron chi connectivity index (χ2n) is 6.36. The summed E-state index contributed by atoms with van der Waals surface area (Å²) in [6.07, 6.45) is 1.68. The van der Waals surface area contributed by atoms with Crippen LogP contribution in [0, 0.1) is 11.3 Å². The summed E-state index contributed by atoms with van der Waals surface area (Å²) in [5, 5.41) is 12.6. The molecule has 2 aromatic carbocycles. The van der Waals surface area contributed by atoms with E-state index in [1.807, 2.05) is 12.1 Å². The number of nitriles is 1. The van der Waals surface area contributed by atoms with Crippen molar-refractivity contribution in [2.24, 2.45) is 0 Å².